The van der Waals surface area contributed by atoms with E-state index in [-0.39, 0.29) is 10.5 Å². The van der Waals surface area contributed by atoms with Gasteiger partial charge >= 0.3 is 5.69 Å². The van der Waals surface area contributed by atoms with Gasteiger partial charge in [-0.15, -0.1) is 0 Å². The highest BCUT2D eigenvalue weighted by Crippen LogP contribution is 2.28. The Morgan fingerprint density at radius 1 is 1.09 bits per heavy atom. The molecule has 0 radical (unpaired) electrons. The van der Waals surface area contributed by atoms with Gasteiger partial charge in [0.15, 0.2) is 0 Å². The van der Waals surface area contributed by atoms with Crippen molar-refractivity contribution < 1.29 is 17.7 Å². The van der Waals surface area contributed by atoms with Crippen molar-refractivity contribution in [1.82, 2.24) is 0 Å². The molecule has 0 aliphatic carbocycles. The molecule has 23 heavy (non-hydrogen) atoms. The van der Waals surface area contributed by atoms with Crippen molar-refractivity contribution >= 4 is 21.4 Å². The van der Waals surface area contributed by atoms with Crippen LogP contribution in [0.15, 0.2) is 35.2 Å². The zero-order chi connectivity index (χ0) is 17.4. The first-order valence-corrected chi connectivity index (χ1v) is 8.15. The van der Waals surface area contributed by atoms with Crippen LogP contribution in [0.2, 0.25) is 0 Å². The van der Waals surface area contributed by atoms with Crippen LogP contribution in [0.5, 0.6) is 0 Å². The van der Waals surface area contributed by atoms with E-state index in [1.807, 2.05) is 13.0 Å². The molecule has 0 heterocycles. The third-order valence-electron chi connectivity index (χ3n) is 3.37. The molecule has 0 unspecified atom stereocenters. The minimum atomic E-state index is -4.08. The van der Waals surface area contributed by atoms with Crippen LogP contribution in [0, 0.1) is 36.7 Å². The van der Waals surface area contributed by atoms with Gasteiger partial charge < -0.3 is 0 Å². The summed E-state index contributed by atoms with van der Waals surface area (Å²) in [4.78, 5) is 9.54. The van der Waals surface area contributed by atoms with Gasteiger partial charge in [0.2, 0.25) is 5.82 Å². The third-order valence-corrected chi connectivity index (χ3v) is 4.88. The molecule has 2 aromatic carbocycles. The maximum Gasteiger partial charge on any atom is 0.306 e. The average Bonchev–Trinajstić information content (AvgIpc) is 2.41. The fraction of sp³-hybridized carbons (Fsp3) is 0.200. The van der Waals surface area contributed by atoms with Crippen molar-refractivity contribution in [2.24, 2.45) is 0 Å². The lowest BCUT2D eigenvalue weighted by molar-refractivity contribution is -0.387. The second-order valence-electron chi connectivity index (χ2n) is 5.25. The van der Waals surface area contributed by atoms with Gasteiger partial charge in [0.25, 0.3) is 10.0 Å². The van der Waals surface area contributed by atoms with Crippen LogP contribution in [0.4, 0.5) is 15.8 Å². The first-order chi connectivity index (χ1) is 10.6. The van der Waals surface area contributed by atoms with Gasteiger partial charge in [-0.25, -0.2) is 8.42 Å². The Hall–Kier alpha value is -2.48. The quantitative estimate of drug-likeness (QED) is 0.683. The summed E-state index contributed by atoms with van der Waals surface area (Å²) in [6.45, 7) is 4.92. The highest BCUT2D eigenvalue weighted by atomic mass is 32.2. The molecule has 0 atom stereocenters. The number of hydrogen-bond acceptors (Lipinski definition) is 4. The maximum absolute atomic E-state index is 13.6. The normalized spacial score (nSPS) is 11.3. The number of anilines is 1. The fourth-order valence-electron chi connectivity index (χ4n) is 2.12. The van der Waals surface area contributed by atoms with E-state index in [2.05, 4.69) is 4.72 Å². The minimum absolute atomic E-state index is 0.0888. The smallest absolute Gasteiger partial charge is 0.279 e. The minimum Gasteiger partial charge on any atom is -0.279 e. The first-order valence-electron chi connectivity index (χ1n) is 6.66. The summed E-state index contributed by atoms with van der Waals surface area (Å²) in [5.74, 6) is -1.07. The molecule has 0 aliphatic heterocycles. The molecular formula is C15H15FN2O4S. The van der Waals surface area contributed by atoms with Crippen LogP contribution in [-0.2, 0) is 10.0 Å². The number of halogens is 1. The van der Waals surface area contributed by atoms with E-state index in [9.17, 15) is 22.9 Å². The molecule has 0 spiro atoms. The van der Waals surface area contributed by atoms with E-state index < -0.39 is 26.5 Å². The largest absolute Gasteiger partial charge is 0.306 e. The summed E-state index contributed by atoms with van der Waals surface area (Å²) in [7, 11) is -4.08. The standard InChI is InChI=1S/C15H15FN2O4S/c1-9-4-5-10(2)13(6-9)17-23(21,22)15-8-14(18(19)20)12(16)7-11(15)3/h4-8,17H,1-3H3. The second-order valence-corrected chi connectivity index (χ2v) is 6.90. The molecule has 0 aromatic heterocycles. The van der Waals surface area contributed by atoms with Crippen molar-refractivity contribution in [3.05, 3.63) is 63.0 Å². The van der Waals surface area contributed by atoms with Crippen molar-refractivity contribution in [3.8, 4) is 0 Å². The van der Waals surface area contributed by atoms with Crippen molar-refractivity contribution in [2.75, 3.05) is 4.72 Å². The molecule has 0 saturated carbocycles. The van der Waals surface area contributed by atoms with E-state index in [0.717, 1.165) is 17.7 Å². The number of benzene rings is 2. The summed E-state index contributed by atoms with van der Waals surface area (Å²) < 4.78 is 41.0. The molecule has 0 fully saturated rings. The number of aryl methyl sites for hydroxylation is 3. The van der Waals surface area contributed by atoms with E-state index in [1.165, 1.54) is 6.92 Å². The van der Waals surface area contributed by atoms with Gasteiger partial charge in [-0.3, -0.25) is 14.8 Å². The molecule has 8 heteroatoms. The number of nitrogens with one attached hydrogen (secondary N) is 1. The molecule has 2 rings (SSSR count). The maximum atomic E-state index is 13.6. The van der Waals surface area contributed by atoms with Gasteiger partial charge in [0.1, 0.15) is 0 Å². The molecule has 0 amide bonds. The highest BCUT2D eigenvalue weighted by Gasteiger charge is 2.24. The van der Waals surface area contributed by atoms with Crippen molar-refractivity contribution in [3.63, 3.8) is 0 Å². The van der Waals surface area contributed by atoms with Gasteiger partial charge in [-0.05, 0) is 49.6 Å². The Labute approximate surface area is 133 Å². The topological polar surface area (TPSA) is 89.3 Å². The molecule has 6 nitrogen and oxygen atoms in total. The van der Waals surface area contributed by atoms with E-state index in [1.54, 1.807) is 19.1 Å². The number of nitro benzene ring substituents is 1. The molecule has 1 N–H and O–H groups in total. The lowest BCUT2D eigenvalue weighted by Gasteiger charge is -2.13. The number of sulfonamides is 1. The molecule has 0 bridgehead atoms. The number of nitro groups is 1. The Kier molecular flexibility index (Phi) is 4.37. The Morgan fingerprint density at radius 2 is 1.74 bits per heavy atom. The van der Waals surface area contributed by atoms with Crippen LogP contribution in [0.1, 0.15) is 16.7 Å². The number of rotatable bonds is 4. The van der Waals surface area contributed by atoms with Crippen LogP contribution >= 0.6 is 0 Å². The van der Waals surface area contributed by atoms with Gasteiger partial charge in [0, 0.05) is 6.07 Å². The van der Waals surface area contributed by atoms with Gasteiger partial charge in [-0.2, -0.15) is 4.39 Å². The molecular weight excluding hydrogens is 323 g/mol. The summed E-state index contributed by atoms with van der Waals surface area (Å²) in [5, 5.41) is 10.8. The lowest BCUT2D eigenvalue weighted by Crippen LogP contribution is -2.16. The Bertz CT molecular complexity index is 895. The zero-order valence-electron chi connectivity index (χ0n) is 12.8. The van der Waals surface area contributed by atoms with Crippen LogP contribution < -0.4 is 4.72 Å². The fourth-order valence-corrected chi connectivity index (χ4v) is 3.49. The predicted octanol–water partition coefficient (Wildman–Crippen LogP) is 3.46. The van der Waals surface area contributed by atoms with E-state index >= 15 is 0 Å². The average molecular weight is 338 g/mol. The zero-order valence-corrected chi connectivity index (χ0v) is 13.6. The first kappa shape index (κ1) is 16.9. The molecule has 0 saturated heterocycles. The summed E-state index contributed by atoms with van der Waals surface area (Å²) in [5.41, 5.74) is 1.14. The second kappa shape index (κ2) is 5.96. The predicted molar refractivity (Wildman–Crippen MR) is 84.5 cm³/mol. The SMILES string of the molecule is Cc1ccc(C)c(NS(=O)(=O)c2cc([N+](=O)[O-])c(F)cc2C)c1. The third kappa shape index (κ3) is 3.48. The van der Waals surface area contributed by atoms with Crippen LogP contribution in [-0.4, -0.2) is 13.3 Å². The Morgan fingerprint density at radius 3 is 2.35 bits per heavy atom. The van der Waals surface area contributed by atoms with Crippen LogP contribution in [0.25, 0.3) is 0 Å². The number of hydrogen-bond donors (Lipinski definition) is 1. The monoisotopic (exact) mass is 338 g/mol. The summed E-state index contributed by atoms with van der Waals surface area (Å²) >= 11 is 0. The van der Waals surface area contributed by atoms with Crippen molar-refractivity contribution in [1.29, 1.82) is 0 Å². The summed E-state index contributed by atoms with van der Waals surface area (Å²) in [6, 6.07) is 6.82. The summed E-state index contributed by atoms with van der Waals surface area (Å²) in [6.07, 6.45) is 0. The highest BCUT2D eigenvalue weighted by molar-refractivity contribution is 7.92. The van der Waals surface area contributed by atoms with Crippen LogP contribution in [0.3, 0.4) is 0 Å². The Balaban J connectivity index is 2.54. The lowest BCUT2D eigenvalue weighted by atomic mass is 10.1. The van der Waals surface area contributed by atoms with Gasteiger partial charge in [0.05, 0.1) is 15.5 Å². The van der Waals surface area contributed by atoms with E-state index in [4.69, 9.17) is 0 Å². The molecule has 122 valence electrons. The molecule has 2 aromatic rings. The van der Waals surface area contributed by atoms with E-state index in [0.29, 0.717) is 11.3 Å². The molecule has 0 aliphatic rings. The van der Waals surface area contributed by atoms with Gasteiger partial charge in [-0.1, -0.05) is 12.1 Å². The number of nitrogens with zero attached hydrogens (tertiary/aromatic N) is 1. The van der Waals surface area contributed by atoms with Crippen molar-refractivity contribution in [2.45, 2.75) is 25.7 Å².